The predicted octanol–water partition coefficient (Wildman–Crippen LogP) is 1.89. The first-order chi connectivity index (χ1) is 17.1. The number of aromatic nitrogens is 5. The average molecular weight is 511 g/mol. The number of halogens is 3. The second kappa shape index (κ2) is 10.9. The molecule has 0 saturated carbocycles. The second-order valence-corrected chi connectivity index (χ2v) is 9.56. The first kappa shape index (κ1) is 26.1. The van der Waals surface area contributed by atoms with Crippen molar-refractivity contribution in [1.82, 2.24) is 40.1 Å². The van der Waals surface area contributed by atoms with E-state index in [4.69, 9.17) is 0 Å². The van der Waals surface area contributed by atoms with Gasteiger partial charge in [0.25, 0.3) is 0 Å². The number of nitrogens with zero attached hydrogens (tertiary/aromatic N) is 7. The highest BCUT2D eigenvalue weighted by molar-refractivity contribution is 5.79. The Labute approximate surface area is 207 Å². The summed E-state index contributed by atoms with van der Waals surface area (Å²) in [7, 11) is 4.01. The number of piperidine rings is 1. The maximum absolute atomic E-state index is 13.5. The quantitative estimate of drug-likeness (QED) is 0.435. The van der Waals surface area contributed by atoms with Gasteiger partial charge in [-0.15, -0.1) is 5.10 Å². The van der Waals surface area contributed by atoms with Crippen molar-refractivity contribution in [2.45, 2.75) is 38.4 Å². The molecule has 0 radical (unpaired) electrons. The number of hydrogen-bond donors (Lipinski definition) is 3. The highest BCUT2D eigenvalue weighted by Gasteiger charge is 2.35. The number of anilines is 3. The third-order valence-electron chi connectivity index (χ3n) is 6.52. The van der Waals surface area contributed by atoms with E-state index < -0.39 is 11.7 Å². The van der Waals surface area contributed by atoms with Crippen LogP contribution in [0.15, 0.2) is 6.20 Å². The van der Waals surface area contributed by atoms with Gasteiger partial charge >= 0.3 is 6.18 Å². The topological polar surface area (TPSA) is 116 Å². The molecule has 2 aliphatic rings. The molecule has 2 aliphatic heterocycles. The predicted molar refractivity (Wildman–Crippen MR) is 128 cm³/mol. The fraction of sp³-hybridized carbons (Fsp3) is 0.682. The van der Waals surface area contributed by atoms with E-state index in [0.29, 0.717) is 24.5 Å². The van der Waals surface area contributed by atoms with Crippen LogP contribution in [0.2, 0.25) is 0 Å². The lowest BCUT2D eigenvalue weighted by atomic mass is 10.0. The molecule has 0 bridgehead atoms. The molecule has 2 aromatic heterocycles. The maximum atomic E-state index is 13.5. The Kier molecular flexibility index (Phi) is 7.93. The molecule has 4 heterocycles. The molecule has 0 aliphatic carbocycles. The van der Waals surface area contributed by atoms with Gasteiger partial charge in [0.2, 0.25) is 11.9 Å². The van der Waals surface area contributed by atoms with E-state index in [0.717, 1.165) is 45.2 Å². The minimum Gasteiger partial charge on any atom is -0.369 e. The number of hydrogen-bond acceptors (Lipinski definition) is 9. The third-order valence-corrected chi connectivity index (χ3v) is 6.52. The van der Waals surface area contributed by atoms with Crippen LogP contribution in [0.5, 0.6) is 0 Å². The Balaban J connectivity index is 1.36. The van der Waals surface area contributed by atoms with Crippen LogP contribution in [0.1, 0.15) is 36.6 Å². The van der Waals surface area contributed by atoms with E-state index in [-0.39, 0.29) is 36.2 Å². The number of carbonyl (C=O) groups is 1. The summed E-state index contributed by atoms with van der Waals surface area (Å²) < 4.78 is 40.6. The van der Waals surface area contributed by atoms with E-state index in [1.165, 1.54) is 0 Å². The number of carbonyl (C=O) groups excluding carboxylic acids is 1. The van der Waals surface area contributed by atoms with Crippen molar-refractivity contribution in [3.05, 3.63) is 17.5 Å². The van der Waals surface area contributed by atoms with Gasteiger partial charge in [-0.2, -0.15) is 28.1 Å². The molecule has 11 nitrogen and oxygen atoms in total. The number of alkyl halides is 3. The van der Waals surface area contributed by atoms with Crippen LogP contribution in [-0.4, -0.2) is 94.0 Å². The summed E-state index contributed by atoms with van der Waals surface area (Å²) in [6.07, 6.45) is -1.57. The zero-order valence-corrected chi connectivity index (χ0v) is 20.8. The monoisotopic (exact) mass is 510 g/mol. The molecule has 2 fully saturated rings. The molecule has 0 atom stereocenters. The average Bonchev–Trinajstić information content (AvgIpc) is 3.16. The van der Waals surface area contributed by atoms with Crippen LogP contribution in [0.25, 0.3) is 0 Å². The summed E-state index contributed by atoms with van der Waals surface area (Å²) >= 11 is 0. The lowest BCUT2D eigenvalue weighted by molar-refractivity contribution is -0.137. The zero-order valence-electron chi connectivity index (χ0n) is 20.8. The maximum Gasteiger partial charge on any atom is 0.421 e. The van der Waals surface area contributed by atoms with Crippen LogP contribution in [0, 0.1) is 12.8 Å². The molecule has 3 N–H and O–H groups in total. The van der Waals surface area contributed by atoms with E-state index >= 15 is 0 Å². The molecule has 0 spiro atoms. The molecule has 0 aromatic carbocycles. The largest absolute Gasteiger partial charge is 0.421 e. The molecule has 4 rings (SSSR count). The molecule has 2 saturated heterocycles. The summed E-state index contributed by atoms with van der Waals surface area (Å²) in [5.74, 6) is 0.0279. The Bertz CT molecular complexity index is 1050. The molecule has 14 heteroatoms. The minimum atomic E-state index is -4.61. The van der Waals surface area contributed by atoms with Crippen LogP contribution >= 0.6 is 0 Å². The smallest absolute Gasteiger partial charge is 0.369 e. The lowest BCUT2D eigenvalue weighted by Crippen LogP contribution is -2.51. The highest BCUT2D eigenvalue weighted by Crippen LogP contribution is 2.34. The molecule has 2 aromatic rings. The van der Waals surface area contributed by atoms with Gasteiger partial charge in [-0.1, -0.05) is 0 Å². The van der Waals surface area contributed by atoms with Crippen LogP contribution < -0.4 is 16.0 Å². The van der Waals surface area contributed by atoms with Gasteiger partial charge in [-0.05, 0) is 53.4 Å². The van der Waals surface area contributed by atoms with Crippen LogP contribution in [0.4, 0.5) is 30.8 Å². The Morgan fingerprint density at radius 2 is 1.81 bits per heavy atom. The zero-order chi connectivity index (χ0) is 25.9. The van der Waals surface area contributed by atoms with Gasteiger partial charge < -0.3 is 25.8 Å². The van der Waals surface area contributed by atoms with Crippen molar-refractivity contribution in [2.24, 2.45) is 5.92 Å². The molecular formula is C22H33F3N10O. The second-order valence-electron chi connectivity index (χ2n) is 9.56. The number of rotatable bonds is 9. The van der Waals surface area contributed by atoms with Gasteiger partial charge in [-0.3, -0.25) is 4.79 Å². The fourth-order valence-corrected chi connectivity index (χ4v) is 4.31. The fourth-order valence-electron chi connectivity index (χ4n) is 4.31. The number of aryl methyl sites for hydroxylation is 1. The van der Waals surface area contributed by atoms with Gasteiger partial charge in [0.1, 0.15) is 17.1 Å². The van der Waals surface area contributed by atoms with Crippen LogP contribution in [0.3, 0.4) is 0 Å². The normalized spacial score (nSPS) is 18.2. The summed E-state index contributed by atoms with van der Waals surface area (Å²) in [5.41, 5.74) is -0.346. The van der Waals surface area contributed by atoms with Crippen molar-refractivity contribution in [2.75, 3.05) is 64.0 Å². The Morgan fingerprint density at radius 1 is 1.08 bits per heavy atom. The van der Waals surface area contributed by atoms with Crippen molar-refractivity contribution in [3.8, 4) is 0 Å². The summed E-state index contributed by atoms with van der Waals surface area (Å²) in [6.45, 7) is 5.69. The summed E-state index contributed by atoms with van der Waals surface area (Å²) in [6, 6.07) is 0.173. The first-order valence-electron chi connectivity index (χ1n) is 12.1. The molecule has 36 heavy (non-hydrogen) atoms. The van der Waals surface area contributed by atoms with Gasteiger partial charge in [-0.25, -0.2) is 4.98 Å². The summed E-state index contributed by atoms with van der Waals surface area (Å²) in [5, 5.41) is 17.5. The number of nitrogens with one attached hydrogen (secondary N) is 3. The lowest BCUT2D eigenvalue weighted by Gasteiger charge is -2.34. The van der Waals surface area contributed by atoms with Crippen LogP contribution in [-0.2, 0) is 11.0 Å². The minimum absolute atomic E-state index is 0.00793. The van der Waals surface area contributed by atoms with Crippen molar-refractivity contribution in [3.63, 3.8) is 0 Å². The first-order valence-corrected chi connectivity index (χ1v) is 12.1. The van der Waals surface area contributed by atoms with Gasteiger partial charge in [0.15, 0.2) is 5.82 Å². The van der Waals surface area contributed by atoms with E-state index in [2.05, 4.69) is 48.1 Å². The van der Waals surface area contributed by atoms with Gasteiger partial charge in [0.05, 0.1) is 12.0 Å². The van der Waals surface area contributed by atoms with Crippen molar-refractivity contribution in [1.29, 1.82) is 0 Å². The van der Waals surface area contributed by atoms with E-state index in [9.17, 15) is 18.0 Å². The van der Waals surface area contributed by atoms with E-state index in [1.54, 1.807) is 11.7 Å². The third kappa shape index (κ3) is 6.40. The number of amides is 1. The molecular weight excluding hydrogens is 477 g/mol. The standard InChI is InChI=1S/C22H33F3N10O/c1-14-18(32-35(31-14)16-5-9-33(2)10-6-16)29-21-28-11-17(22(23,24)25)19(30-21)26-7-4-8-27-20(36)15-12-34(3)13-15/h11,15-16H,4-10,12-13H2,1-3H3,(H,27,36)(H2,26,28,29,30,32). The molecule has 198 valence electrons. The molecule has 1 amide bonds. The highest BCUT2D eigenvalue weighted by atomic mass is 19.4. The van der Waals surface area contributed by atoms with E-state index in [1.807, 2.05) is 11.9 Å². The van der Waals surface area contributed by atoms with Gasteiger partial charge in [0, 0.05) is 32.4 Å². The Hall–Kier alpha value is -3.00. The SMILES string of the molecule is Cc1nn(C2CCN(C)CC2)nc1Nc1ncc(C(F)(F)F)c(NCCCNC(=O)C2CN(C)C2)n1. The number of likely N-dealkylation sites (tertiary alicyclic amines) is 2. The molecule has 0 unspecified atom stereocenters. The Morgan fingerprint density at radius 3 is 2.47 bits per heavy atom. The summed E-state index contributed by atoms with van der Waals surface area (Å²) in [4.78, 5) is 25.9. The van der Waals surface area contributed by atoms with Crippen molar-refractivity contribution >= 4 is 23.5 Å². The van der Waals surface area contributed by atoms with Crippen molar-refractivity contribution < 1.29 is 18.0 Å².